The first kappa shape index (κ1) is 30.3. The third-order valence-electron chi connectivity index (χ3n) is 9.28. The largest absolute Gasteiger partial charge is 0.427 e. The lowest BCUT2D eigenvalue weighted by molar-refractivity contribution is -0.133. The number of halogens is 1. The molecule has 0 spiro atoms. The Kier molecular flexibility index (Phi) is 9.08. The van der Waals surface area contributed by atoms with Crippen LogP contribution in [-0.4, -0.2) is 84.8 Å². The van der Waals surface area contributed by atoms with Gasteiger partial charge < -0.3 is 24.0 Å². The summed E-state index contributed by atoms with van der Waals surface area (Å²) < 4.78 is 5.20. The number of fused-ring (bicyclic) bond motifs is 1. The molecule has 0 N–H and O–H groups in total. The Balaban J connectivity index is 1.17. The SMILES string of the molecule is CC(=O)N1CCC(C(=O)N(CCCN2CC3CN(C(=O)c4c(C)cc(=O)oc4C)CC3C2)c2ccc(C)c(Cl)c2)CC1. The van der Waals surface area contributed by atoms with E-state index in [1.165, 1.54) is 6.07 Å². The zero-order valence-electron chi connectivity index (χ0n) is 25.0. The molecule has 3 aliphatic heterocycles. The number of carbonyl (C=O) groups excluding carboxylic acids is 3. The van der Waals surface area contributed by atoms with Gasteiger partial charge in [0.1, 0.15) is 5.76 Å². The Bertz CT molecular complexity index is 1380. The van der Waals surface area contributed by atoms with E-state index in [1.807, 2.05) is 39.8 Å². The van der Waals surface area contributed by atoms with Gasteiger partial charge in [0.15, 0.2) is 0 Å². The summed E-state index contributed by atoms with van der Waals surface area (Å²) in [7, 11) is 0. The van der Waals surface area contributed by atoms with Crippen molar-refractivity contribution >= 4 is 35.0 Å². The van der Waals surface area contributed by atoms with Crippen molar-refractivity contribution in [1.82, 2.24) is 14.7 Å². The number of benzene rings is 1. The Labute approximate surface area is 252 Å². The van der Waals surface area contributed by atoms with Gasteiger partial charge in [-0.1, -0.05) is 17.7 Å². The number of aryl methyl sites for hydroxylation is 3. The molecule has 3 fully saturated rings. The molecule has 2 atom stereocenters. The fourth-order valence-electron chi connectivity index (χ4n) is 6.90. The van der Waals surface area contributed by atoms with E-state index in [2.05, 4.69) is 4.90 Å². The summed E-state index contributed by atoms with van der Waals surface area (Å²) in [6.45, 7) is 12.9. The van der Waals surface area contributed by atoms with E-state index in [1.54, 1.807) is 20.8 Å². The van der Waals surface area contributed by atoms with Crippen molar-refractivity contribution in [2.45, 2.75) is 47.0 Å². The maximum absolute atomic E-state index is 13.7. The molecule has 2 unspecified atom stereocenters. The number of hydrogen-bond donors (Lipinski definition) is 0. The van der Waals surface area contributed by atoms with Crippen molar-refractivity contribution in [3.05, 3.63) is 62.2 Å². The maximum atomic E-state index is 13.7. The van der Waals surface area contributed by atoms with Crippen LogP contribution in [0.2, 0.25) is 5.02 Å². The van der Waals surface area contributed by atoms with E-state index in [9.17, 15) is 19.2 Å². The van der Waals surface area contributed by atoms with Crippen molar-refractivity contribution in [3.63, 3.8) is 0 Å². The van der Waals surface area contributed by atoms with Crippen LogP contribution in [0.4, 0.5) is 5.69 Å². The summed E-state index contributed by atoms with van der Waals surface area (Å²) in [5, 5.41) is 0.645. The van der Waals surface area contributed by atoms with Crippen LogP contribution in [0.15, 0.2) is 33.5 Å². The highest BCUT2D eigenvalue weighted by molar-refractivity contribution is 6.31. The van der Waals surface area contributed by atoms with Crippen molar-refractivity contribution in [2.75, 3.05) is 57.3 Å². The molecule has 4 heterocycles. The highest BCUT2D eigenvalue weighted by Gasteiger charge is 2.42. The highest BCUT2D eigenvalue weighted by Crippen LogP contribution is 2.33. The van der Waals surface area contributed by atoms with E-state index in [-0.39, 0.29) is 23.6 Å². The molecule has 10 heteroatoms. The standard InChI is InChI=1S/C32H41ClN4O5/c1-20-6-7-27(15-28(20)33)37(31(40)24-8-12-35(13-9-24)23(4)38)11-5-10-34-16-25-18-36(19-26(25)17-34)32(41)30-21(2)14-29(39)42-22(30)3/h6-7,14-15,24-26H,5,8-13,16-19H2,1-4H3. The van der Waals surface area contributed by atoms with Crippen LogP contribution in [0.1, 0.15) is 53.4 Å². The zero-order valence-corrected chi connectivity index (χ0v) is 25.8. The summed E-state index contributed by atoms with van der Waals surface area (Å²) in [5.74, 6) is 1.19. The summed E-state index contributed by atoms with van der Waals surface area (Å²) in [5.41, 5.74) is 2.52. The van der Waals surface area contributed by atoms with E-state index in [0.717, 1.165) is 37.3 Å². The van der Waals surface area contributed by atoms with E-state index in [0.29, 0.717) is 79.3 Å². The summed E-state index contributed by atoms with van der Waals surface area (Å²) in [6, 6.07) is 7.19. The molecule has 2 aromatic rings. The fourth-order valence-corrected chi connectivity index (χ4v) is 7.08. The number of carbonyl (C=O) groups is 3. The molecular weight excluding hydrogens is 556 g/mol. The molecular formula is C32H41ClN4O5. The second kappa shape index (κ2) is 12.6. The molecule has 9 nitrogen and oxygen atoms in total. The molecule has 0 radical (unpaired) electrons. The summed E-state index contributed by atoms with van der Waals surface area (Å²) in [6.07, 6.45) is 2.17. The van der Waals surface area contributed by atoms with Gasteiger partial charge in [0.25, 0.3) is 5.91 Å². The predicted octanol–water partition coefficient (Wildman–Crippen LogP) is 3.90. The predicted molar refractivity (Wildman–Crippen MR) is 162 cm³/mol. The second-order valence-corrected chi connectivity index (χ2v) is 12.6. The van der Waals surface area contributed by atoms with Crippen LogP contribution in [0.5, 0.6) is 0 Å². The molecule has 3 amide bonds. The third kappa shape index (κ3) is 6.42. The normalized spacial score (nSPS) is 21.1. The van der Waals surface area contributed by atoms with Crippen LogP contribution in [0, 0.1) is 38.5 Å². The Morgan fingerprint density at radius 1 is 0.952 bits per heavy atom. The van der Waals surface area contributed by atoms with Gasteiger partial charge in [0, 0.05) is 75.4 Å². The van der Waals surface area contributed by atoms with Gasteiger partial charge in [-0.15, -0.1) is 0 Å². The van der Waals surface area contributed by atoms with Crippen LogP contribution in [0.25, 0.3) is 0 Å². The number of piperidine rings is 1. The monoisotopic (exact) mass is 596 g/mol. The lowest BCUT2D eigenvalue weighted by atomic mass is 9.94. The fraction of sp³-hybridized carbons (Fsp3) is 0.562. The van der Waals surface area contributed by atoms with Gasteiger partial charge in [0.05, 0.1) is 5.56 Å². The first-order valence-electron chi connectivity index (χ1n) is 15.0. The summed E-state index contributed by atoms with van der Waals surface area (Å²) >= 11 is 6.45. The van der Waals surface area contributed by atoms with Gasteiger partial charge in [-0.25, -0.2) is 4.79 Å². The molecule has 0 aliphatic carbocycles. The van der Waals surface area contributed by atoms with Crippen LogP contribution in [0.3, 0.4) is 0 Å². The molecule has 42 heavy (non-hydrogen) atoms. The van der Waals surface area contributed by atoms with Crippen molar-refractivity contribution in [2.24, 2.45) is 17.8 Å². The molecule has 0 saturated carbocycles. The van der Waals surface area contributed by atoms with Crippen LogP contribution < -0.4 is 10.5 Å². The maximum Gasteiger partial charge on any atom is 0.336 e. The number of amides is 3. The lowest BCUT2D eigenvalue weighted by Gasteiger charge is -2.34. The van der Waals surface area contributed by atoms with Crippen molar-refractivity contribution in [3.8, 4) is 0 Å². The third-order valence-corrected chi connectivity index (χ3v) is 9.68. The van der Waals surface area contributed by atoms with Crippen LogP contribution in [-0.2, 0) is 9.59 Å². The molecule has 1 aromatic carbocycles. The van der Waals surface area contributed by atoms with Crippen LogP contribution >= 0.6 is 11.6 Å². The number of nitrogens with zero attached hydrogens (tertiary/aromatic N) is 4. The van der Waals surface area contributed by atoms with Gasteiger partial charge >= 0.3 is 5.63 Å². The Morgan fingerprint density at radius 2 is 1.62 bits per heavy atom. The van der Waals surface area contributed by atoms with Crippen molar-refractivity contribution < 1.29 is 18.8 Å². The molecule has 1 aromatic heterocycles. The molecule has 3 aliphatic rings. The average molecular weight is 597 g/mol. The number of likely N-dealkylation sites (tertiary alicyclic amines) is 3. The first-order chi connectivity index (χ1) is 20.0. The molecule has 226 valence electrons. The van der Waals surface area contributed by atoms with E-state index < -0.39 is 5.63 Å². The topological polar surface area (TPSA) is 94.4 Å². The molecule has 3 saturated heterocycles. The Morgan fingerprint density at radius 3 is 2.21 bits per heavy atom. The minimum atomic E-state index is -0.431. The van der Waals surface area contributed by atoms with Gasteiger partial charge in [-0.2, -0.15) is 0 Å². The van der Waals surface area contributed by atoms with Gasteiger partial charge in [-0.05, 0) is 81.7 Å². The quantitative estimate of drug-likeness (QED) is 0.481. The van der Waals surface area contributed by atoms with E-state index in [4.69, 9.17) is 16.0 Å². The first-order valence-corrected chi connectivity index (χ1v) is 15.4. The average Bonchev–Trinajstić information content (AvgIpc) is 3.51. The van der Waals surface area contributed by atoms with Crippen molar-refractivity contribution in [1.29, 1.82) is 0 Å². The van der Waals surface area contributed by atoms with Gasteiger partial charge in [0.2, 0.25) is 11.8 Å². The highest BCUT2D eigenvalue weighted by atomic mass is 35.5. The molecule has 0 bridgehead atoms. The smallest absolute Gasteiger partial charge is 0.336 e. The Hall–Kier alpha value is -3.17. The van der Waals surface area contributed by atoms with Gasteiger partial charge in [-0.3, -0.25) is 14.4 Å². The molecule has 5 rings (SSSR count). The summed E-state index contributed by atoms with van der Waals surface area (Å²) in [4.78, 5) is 58.5. The minimum absolute atomic E-state index is 0.0598. The number of rotatable bonds is 7. The lowest BCUT2D eigenvalue weighted by Crippen LogP contribution is -2.44. The number of hydrogen-bond acceptors (Lipinski definition) is 6. The van der Waals surface area contributed by atoms with E-state index >= 15 is 0 Å². The zero-order chi connectivity index (χ0) is 30.1. The second-order valence-electron chi connectivity index (χ2n) is 12.2. The number of anilines is 1. The minimum Gasteiger partial charge on any atom is -0.427 e.